The number of nitrogens with zero attached hydrogens (tertiary/aromatic N) is 1. The van der Waals surface area contributed by atoms with Gasteiger partial charge < -0.3 is 20.7 Å². The average molecular weight is 396 g/mol. The summed E-state index contributed by atoms with van der Waals surface area (Å²) in [5.74, 6) is 0.261. The zero-order chi connectivity index (χ0) is 21.0. The van der Waals surface area contributed by atoms with E-state index in [1.807, 2.05) is 6.92 Å². The van der Waals surface area contributed by atoms with Crippen LogP contribution in [0.1, 0.15) is 25.5 Å². The molecular formula is C20H20N4O5. The lowest BCUT2D eigenvalue weighted by Gasteiger charge is -2.28. The molecule has 3 rings (SSSR count). The summed E-state index contributed by atoms with van der Waals surface area (Å²) < 4.78 is 5.43. The number of nitrogens with one attached hydrogen (secondary N) is 3. The summed E-state index contributed by atoms with van der Waals surface area (Å²) in [4.78, 5) is 35.2. The first kappa shape index (κ1) is 19.9. The minimum absolute atomic E-state index is 0.0720. The van der Waals surface area contributed by atoms with Gasteiger partial charge in [0.1, 0.15) is 5.75 Å². The predicted molar refractivity (Wildman–Crippen MR) is 106 cm³/mol. The van der Waals surface area contributed by atoms with E-state index in [-0.39, 0.29) is 5.69 Å². The molecule has 0 spiro atoms. The molecule has 9 heteroatoms. The predicted octanol–water partition coefficient (Wildman–Crippen LogP) is 3.26. The van der Waals surface area contributed by atoms with E-state index in [4.69, 9.17) is 4.74 Å². The van der Waals surface area contributed by atoms with Crippen molar-refractivity contribution in [3.05, 3.63) is 75.5 Å². The molecule has 3 amide bonds. The number of carbonyl (C=O) groups is 2. The maximum atomic E-state index is 12.9. The molecule has 0 fully saturated rings. The van der Waals surface area contributed by atoms with Crippen LogP contribution in [0.4, 0.5) is 16.2 Å². The summed E-state index contributed by atoms with van der Waals surface area (Å²) in [7, 11) is 0. The monoisotopic (exact) mass is 396 g/mol. The van der Waals surface area contributed by atoms with Gasteiger partial charge in [0, 0.05) is 23.5 Å². The van der Waals surface area contributed by atoms with Crippen molar-refractivity contribution in [2.75, 3.05) is 11.9 Å². The number of non-ortho nitro benzene ring substituents is 1. The van der Waals surface area contributed by atoms with Crippen LogP contribution in [0.5, 0.6) is 5.75 Å². The number of carbonyl (C=O) groups excluding carboxylic acids is 2. The van der Waals surface area contributed by atoms with Gasteiger partial charge in [-0.25, -0.2) is 4.79 Å². The van der Waals surface area contributed by atoms with E-state index in [0.717, 1.165) is 5.56 Å². The van der Waals surface area contributed by atoms with Crippen molar-refractivity contribution in [2.24, 2.45) is 0 Å². The highest BCUT2D eigenvalue weighted by atomic mass is 16.6. The smallest absolute Gasteiger partial charge is 0.319 e. The van der Waals surface area contributed by atoms with Crippen molar-refractivity contribution >= 4 is 23.3 Å². The molecule has 1 heterocycles. The number of nitro groups is 1. The second-order valence-electron chi connectivity index (χ2n) is 6.33. The van der Waals surface area contributed by atoms with Gasteiger partial charge in [-0.05, 0) is 43.7 Å². The lowest BCUT2D eigenvalue weighted by Crippen LogP contribution is -2.45. The third-order valence-corrected chi connectivity index (χ3v) is 4.37. The minimum Gasteiger partial charge on any atom is -0.494 e. The number of ether oxygens (including phenoxy) is 1. The van der Waals surface area contributed by atoms with Crippen LogP contribution >= 0.6 is 0 Å². The van der Waals surface area contributed by atoms with Crippen LogP contribution in [0.25, 0.3) is 0 Å². The van der Waals surface area contributed by atoms with Crippen molar-refractivity contribution in [2.45, 2.75) is 19.9 Å². The highest BCUT2D eigenvalue weighted by Crippen LogP contribution is 2.29. The number of urea groups is 1. The van der Waals surface area contributed by atoms with Crippen LogP contribution < -0.4 is 20.7 Å². The van der Waals surface area contributed by atoms with E-state index in [9.17, 15) is 19.7 Å². The number of anilines is 1. The number of amides is 3. The molecule has 2 aromatic rings. The number of hydrogen-bond donors (Lipinski definition) is 3. The van der Waals surface area contributed by atoms with E-state index >= 15 is 0 Å². The number of allylic oxidation sites excluding steroid dienone is 1. The zero-order valence-corrected chi connectivity index (χ0v) is 15.9. The van der Waals surface area contributed by atoms with Crippen LogP contribution in [0.15, 0.2) is 59.8 Å². The molecule has 150 valence electrons. The van der Waals surface area contributed by atoms with Crippen LogP contribution in [-0.2, 0) is 4.79 Å². The largest absolute Gasteiger partial charge is 0.494 e. The average Bonchev–Trinajstić information content (AvgIpc) is 2.68. The summed E-state index contributed by atoms with van der Waals surface area (Å²) in [6, 6.07) is 11.6. The molecule has 0 unspecified atom stereocenters. The van der Waals surface area contributed by atoms with Gasteiger partial charge in [-0.1, -0.05) is 12.1 Å². The maximum Gasteiger partial charge on any atom is 0.319 e. The summed E-state index contributed by atoms with van der Waals surface area (Å²) in [6.45, 7) is 4.06. The highest BCUT2D eigenvalue weighted by molar-refractivity contribution is 6.06. The first-order valence-electron chi connectivity index (χ1n) is 8.96. The first-order chi connectivity index (χ1) is 13.9. The van der Waals surface area contributed by atoms with Gasteiger partial charge in [-0.3, -0.25) is 14.9 Å². The number of hydrogen-bond acceptors (Lipinski definition) is 5. The normalized spacial score (nSPS) is 15.9. The molecule has 0 aromatic heterocycles. The van der Waals surface area contributed by atoms with Crippen molar-refractivity contribution < 1.29 is 19.2 Å². The molecule has 0 bridgehead atoms. The maximum absolute atomic E-state index is 12.9. The molecule has 1 aliphatic heterocycles. The second kappa shape index (κ2) is 8.42. The quantitative estimate of drug-likeness (QED) is 0.511. The van der Waals surface area contributed by atoms with Gasteiger partial charge in [0.05, 0.1) is 23.1 Å². The Kier molecular flexibility index (Phi) is 5.77. The number of nitro benzene ring substituents is 1. The van der Waals surface area contributed by atoms with Crippen LogP contribution in [-0.4, -0.2) is 23.5 Å². The molecule has 0 radical (unpaired) electrons. The van der Waals surface area contributed by atoms with Crippen LogP contribution in [0.3, 0.4) is 0 Å². The molecule has 29 heavy (non-hydrogen) atoms. The fraction of sp³-hybridized carbons (Fsp3) is 0.200. The van der Waals surface area contributed by atoms with E-state index in [1.165, 1.54) is 24.3 Å². The molecule has 0 saturated heterocycles. The second-order valence-corrected chi connectivity index (χ2v) is 6.33. The van der Waals surface area contributed by atoms with Crippen molar-refractivity contribution in [3.63, 3.8) is 0 Å². The zero-order valence-electron chi connectivity index (χ0n) is 15.9. The standard InChI is InChI=1S/C20H20N4O5/c1-3-29-16-10-4-13(5-11-16)18-17(12(2)21-20(26)23-18)19(25)22-14-6-8-15(9-7-14)24(27)28/h4-11,18H,3H2,1-2H3,(H,22,25)(H2,21,23,26)/t18-/m1/s1. The summed E-state index contributed by atoms with van der Waals surface area (Å²) in [5, 5.41) is 18.9. The number of benzene rings is 2. The lowest BCUT2D eigenvalue weighted by atomic mass is 9.94. The summed E-state index contributed by atoms with van der Waals surface area (Å²) >= 11 is 0. The van der Waals surface area contributed by atoms with E-state index < -0.39 is 22.9 Å². The van der Waals surface area contributed by atoms with Gasteiger partial charge in [0.2, 0.25) is 0 Å². The Labute approximate surface area is 166 Å². The number of rotatable bonds is 6. The molecule has 0 saturated carbocycles. The lowest BCUT2D eigenvalue weighted by molar-refractivity contribution is -0.384. The Bertz CT molecular complexity index is 967. The molecule has 9 nitrogen and oxygen atoms in total. The molecule has 1 aliphatic rings. The van der Waals surface area contributed by atoms with Gasteiger partial charge in [0.25, 0.3) is 11.6 Å². The molecule has 3 N–H and O–H groups in total. The van der Waals surface area contributed by atoms with E-state index in [0.29, 0.717) is 29.3 Å². The Morgan fingerprint density at radius 3 is 2.41 bits per heavy atom. The molecule has 1 atom stereocenters. The fourth-order valence-electron chi connectivity index (χ4n) is 3.03. The Morgan fingerprint density at radius 2 is 1.83 bits per heavy atom. The summed E-state index contributed by atoms with van der Waals surface area (Å²) in [6.07, 6.45) is 0. The minimum atomic E-state index is -0.655. The van der Waals surface area contributed by atoms with Gasteiger partial charge in [-0.2, -0.15) is 0 Å². The van der Waals surface area contributed by atoms with Crippen LogP contribution in [0.2, 0.25) is 0 Å². The highest BCUT2D eigenvalue weighted by Gasteiger charge is 2.31. The molecule has 2 aromatic carbocycles. The van der Waals surface area contributed by atoms with Gasteiger partial charge >= 0.3 is 6.03 Å². The topological polar surface area (TPSA) is 123 Å². The van der Waals surface area contributed by atoms with Crippen LogP contribution in [0, 0.1) is 10.1 Å². The molecule has 0 aliphatic carbocycles. The SMILES string of the molecule is CCOc1ccc([C@H]2NC(=O)NC(C)=C2C(=O)Nc2ccc([N+](=O)[O-])cc2)cc1. The van der Waals surface area contributed by atoms with E-state index in [1.54, 1.807) is 31.2 Å². The Hall–Kier alpha value is -3.88. The Morgan fingerprint density at radius 1 is 1.17 bits per heavy atom. The van der Waals surface area contributed by atoms with E-state index in [2.05, 4.69) is 16.0 Å². The third-order valence-electron chi connectivity index (χ3n) is 4.37. The fourth-order valence-corrected chi connectivity index (χ4v) is 3.03. The Balaban J connectivity index is 1.86. The summed E-state index contributed by atoms with van der Waals surface area (Å²) in [5.41, 5.74) is 1.82. The first-order valence-corrected chi connectivity index (χ1v) is 8.96. The van der Waals surface area contributed by atoms with Crippen molar-refractivity contribution in [3.8, 4) is 5.75 Å². The van der Waals surface area contributed by atoms with Crippen molar-refractivity contribution in [1.29, 1.82) is 0 Å². The third kappa shape index (κ3) is 4.52. The van der Waals surface area contributed by atoms with Gasteiger partial charge in [-0.15, -0.1) is 0 Å². The molecular weight excluding hydrogens is 376 g/mol. The van der Waals surface area contributed by atoms with Crippen molar-refractivity contribution in [1.82, 2.24) is 10.6 Å². The van der Waals surface area contributed by atoms with Gasteiger partial charge in [0.15, 0.2) is 0 Å².